The van der Waals surface area contributed by atoms with Gasteiger partial charge in [0, 0.05) is 15.9 Å². The van der Waals surface area contributed by atoms with Crippen LogP contribution in [0, 0.1) is 12.7 Å². The molecule has 0 aliphatic carbocycles. The Labute approximate surface area is 150 Å². The Morgan fingerprint density at radius 2 is 2.09 bits per heavy atom. The van der Waals surface area contributed by atoms with Crippen LogP contribution in [-0.2, 0) is 5.75 Å². The van der Waals surface area contributed by atoms with E-state index in [1.165, 1.54) is 34.7 Å². The Bertz CT molecular complexity index is 823. The first-order valence-corrected chi connectivity index (χ1v) is 9.43. The molecule has 0 spiro atoms. The summed E-state index contributed by atoms with van der Waals surface area (Å²) >= 11 is 6.19. The predicted octanol–water partition coefficient (Wildman–Crippen LogP) is 5.78. The van der Waals surface area contributed by atoms with E-state index in [1.54, 1.807) is 6.07 Å². The van der Waals surface area contributed by atoms with Gasteiger partial charge in [-0.1, -0.05) is 57.2 Å². The normalized spacial score (nSPS) is 10.7. The highest BCUT2D eigenvalue weighted by molar-refractivity contribution is 9.10. The van der Waals surface area contributed by atoms with E-state index < -0.39 is 0 Å². The molecule has 3 rings (SSSR count). The van der Waals surface area contributed by atoms with Crippen molar-refractivity contribution in [2.24, 2.45) is 0 Å². The number of rotatable bonds is 5. The second kappa shape index (κ2) is 7.42. The van der Waals surface area contributed by atoms with Crippen LogP contribution in [0.3, 0.4) is 0 Å². The maximum atomic E-state index is 13.8. The summed E-state index contributed by atoms with van der Waals surface area (Å²) in [6.45, 7) is 2.04. The quantitative estimate of drug-likeness (QED) is 0.541. The van der Waals surface area contributed by atoms with E-state index in [0.717, 1.165) is 19.6 Å². The van der Waals surface area contributed by atoms with E-state index in [2.05, 4.69) is 31.4 Å². The lowest BCUT2D eigenvalue weighted by molar-refractivity contribution is 0.616. The van der Waals surface area contributed by atoms with Gasteiger partial charge < -0.3 is 5.32 Å². The Balaban J connectivity index is 1.63. The van der Waals surface area contributed by atoms with E-state index in [9.17, 15) is 4.39 Å². The summed E-state index contributed by atoms with van der Waals surface area (Å²) in [7, 11) is 0. The monoisotopic (exact) mass is 409 g/mol. The van der Waals surface area contributed by atoms with Crippen molar-refractivity contribution in [3.05, 3.63) is 63.9 Å². The number of halogens is 2. The first kappa shape index (κ1) is 16.4. The van der Waals surface area contributed by atoms with Gasteiger partial charge in [-0.25, -0.2) is 4.39 Å². The number of thioether (sulfide) groups is 1. The number of hydrogen-bond donors (Lipinski definition) is 1. The fourth-order valence-corrected chi connectivity index (χ4v) is 4.03. The van der Waals surface area contributed by atoms with Crippen molar-refractivity contribution >= 4 is 49.8 Å². The molecule has 0 aliphatic rings. The van der Waals surface area contributed by atoms with Crippen LogP contribution >= 0.6 is 39.0 Å². The zero-order valence-corrected chi connectivity index (χ0v) is 15.4. The number of aryl methyl sites for hydroxylation is 1. The molecule has 0 unspecified atom stereocenters. The molecule has 7 heteroatoms. The molecule has 0 aliphatic heterocycles. The number of benzene rings is 2. The van der Waals surface area contributed by atoms with E-state index in [0.29, 0.717) is 11.3 Å². The molecule has 2 aromatic carbocycles. The van der Waals surface area contributed by atoms with Crippen LogP contribution in [0.15, 0.2) is 51.3 Å². The summed E-state index contributed by atoms with van der Waals surface area (Å²) in [5, 5.41) is 12.2. The zero-order valence-electron chi connectivity index (χ0n) is 12.2. The smallest absolute Gasteiger partial charge is 0.210 e. The van der Waals surface area contributed by atoms with E-state index in [1.807, 2.05) is 37.3 Å². The molecule has 0 bridgehead atoms. The van der Waals surface area contributed by atoms with E-state index in [4.69, 9.17) is 0 Å². The zero-order chi connectivity index (χ0) is 16.2. The first-order valence-electron chi connectivity index (χ1n) is 6.84. The highest BCUT2D eigenvalue weighted by Crippen LogP contribution is 2.31. The minimum atomic E-state index is -0.213. The molecule has 118 valence electrons. The maximum absolute atomic E-state index is 13.8. The summed E-state index contributed by atoms with van der Waals surface area (Å²) in [6, 6.07) is 13.2. The Morgan fingerprint density at radius 3 is 2.87 bits per heavy atom. The standard InChI is InChI=1S/C16H13BrFN3S2/c1-10-3-2-4-13(7-10)19-15-20-21-16(23-15)22-9-11-5-6-12(17)8-14(11)18/h2-8H,9H2,1H3,(H,19,20). The lowest BCUT2D eigenvalue weighted by atomic mass is 10.2. The summed E-state index contributed by atoms with van der Waals surface area (Å²) in [5.41, 5.74) is 2.82. The minimum absolute atomic E-state index is 0.213. The molecular formula is C16H13BrFN3S2. The van der Waals surface area contributed by atoms with E-state index >= 15 is 0 Å². The van der Waals surface area contributed by atoms with Gasteiger partial charge in [0.25, 0.3) is 0 Å². The van der Waals surface area contributed by atoms with Crippen molar-refractivity contribution in [3.63, 3.8) is 0 Å². The Kier molecular flexibility index (Phi) is 5.30. The Hall–Kier alpha value is -1.44. The van der Waals surface area contributed by atoms with Crippen molar-refractivity contribution in [1.29, 1.82) is 0 Å². The van der Waals surface area contributed by atoms with Crippen LogP contribution < -0.4 is 5.32 Å². The van der Waals surface area contributed by atoms with Gasteiger partial charge in [0.15, 0.2) is 4.34 Å². The lowest BCUT2D eigenvalue weighted by Gasteiger charge is -2.02. The second-order valence-electron chi connectivity index (χ2n) is 4.89. The number of aromatic nitrogens is 2. The predicted molar refractivity (Wildman–Crippen MR) is 98.0 cm³/mol. The van der Waals surface area contributed by atoms with Crippen molar-refractivity contribution in [2.45, 2.75) is 17.0 Å². The number of anilines is 2. The third kappa shape index (κ3) is 4.53. The maximum Gasteiger partial charge on any atom is 0.210 e. The third-order valence-corrected chi connectivity index (χ3v) is 5.56. The molecule has 1 heterocycles. The fourth-order valence-electron chi connectivity index (χ4n) is 1.94. The van der Waals surface area contributed by atoms with Gasteiger partial charge in [0.05, 0.1) is 0 Å². The number of nitrogens with zero attached hydrogens (tertiary/aromatic N) is 2. The molecule has 0 atom stereocenters. The van der Waals surface area contributed by atoms with Gasteiger partial charge in [-0.3, -0.25) is 0 Å². The van der Waals surface area contributed by atoms with Crippen LogP contribution in [0.25, 0.3) is 0 Å². The van der Waals surface area contributed by atoms with E-state index in [-0.39, 0.29) is 5.82 Å². The highest BCUT2D eigenvalue weighted by atomic mass is 79.9. The van der Waals surface area contributed by atoms with Crippen molar-refractivity contribution in [1.82, 2.24) is 10.2 Å². The summed E-state index contributed by atoms with van der Waals surface area (Å²) < 4.78 is 15.3. The molecule has 3 nitrogen and oxygen atoms in total. The molecule has 1 N–H and O–H groups in total. The van der Waals surface area contributed by atoms with Crippen LogP contribution in [0.5, 0.6) is 0 Å². The second-order valence-corrected chi connectivity index (χ2v) is 8.01. The third-order valence-electron chi connectivity index (χ3n) is 3.04. The molecule has 0 amide bonds. The largest absolute Gasteiger partial charge is 0.330 e. The number of nitrogens with one attached hydrogen (secondary N) is 1. The molecule has 0 fully saturated rings. The molecular weight excluding hydrogens is 397 g/mol. The van der Waals surface area contributed by atoms with Crippen LogP contribution in [0.4, 0.5) is 15.2 Å². The SMILES string of the molecule is Cc1cccc(Nc2nnc(SCc3ccc(Br)cc3F)s2)c1. The molecule has 0 saturated carbocycles. The molecule has 3 aromatic rings. The molecule has 1 aromatic heterocycles. The fraction of sp³-hybridized carbons (Fsp3) is 0.125. The average Bonchev–Trinajstić information content (AvgIpc) is 2.94. The topological polar surface area (TPSA) is 37.8 Å². The Morgan fingerprint density at radius 1 is 1.22 bits per heavy atom. The molecule has 0 saturated heterocycles. The first-order chi connectivity index (χ1) is 11.1. The van der Waals surface area contributed by atoms with Gasteiger partial charge in [-0.15, -0.1) is 10.2 Å². The van der Waals surface area contributed by atoms with Gasteiger partial charge in [0.2, 0.25) is 5.13 Å². The van der Waals surface area contributed by atoms with Crippen LogP contribution in [-0.4, -0.2) is 10.2 Å². The van der Waals surface area contributed by atoms with Gasteiger partial charge in [-0.2, -0.15) is 0 Å². The van der Waals surface area contributed by atoms with Crippen LogP contribution in [0.2, 0.25) is 0 Å². The van der Waals surface area contributed by atoms with Gasteiger partial charge in [-0.05, 0) is 42.3 Å². The highest BCUT2D eigenvalue weighted by Gasteiger charge is 2.08. The van der Waals surface area contributed by atoms with Gasteiger partial charge in [0.1, 0.15) is 5.82 Å². The van der Waals surface area contributed by atoms with Crippen molar-refractivity contribution < 1.29 is 4.39 Å². The summed E-state index contributed by atoms with van der Waals surface area (Å²) in [4.78, 5) is 0. The molecule has 23 heavy (non-hydrogen) atoms. The summed E-state index contributed by atoms with van der Waals surface area (Å²) in [5.74, 6) is 0.313. The van der Waals surface area contributed by atoms with Crippen LogP contribution in [0.1, 0.15) is 11.1 Å². The van der Waals surface area contributed by atoms with Gasteiger partial charge >= 0.3 is 0 Å². The van der Waals surface area contributed by atoms with Crippen molar-refractivity contribution in [3.8, 4) is 0 Å². The minimum Gasteiger partial charge on any atom is -0.330 e. The van der Waals surface area contributed by atoms with Crippen molar-refractivity contribution in [2.75, 3.05) is 5.32 Å². The summed E-state index contributed by atoms with van der Waals surface area (Å²) in [6.07, 6.45) is 0. The average molecular weight is 410 g/mol. The molecule has 0 radical (unpaired) electrons. The lowest BCUT2D eigenvalue weighted by Crippen LogP contribution is -1.89. The number of hydrogen-bond acceptors (Lipinski definition) is 5.